The summed E-state index contributed by atoms with van der Waals surface area (Å²) in [7, 11) is 0. The second kappa shape index (κ2) is 11.7. The minimum absolute atomic E-state index is 0.00429. The molecular formula is C31H35Cl2N7O2. The van der Waals surface area contributed by atoms with Crippen molar-refractivity contribution in [1.82, 2.24) is 19.9 Å². The number of likely N-dealkylation sites (N-methyl/N-ethyl adjacent to an activating group) is 1. The number of rotatable bonds is 8. The molecule has 9 nitrogen and oxygen atoms in total. The number of fused-ring (bicyclic) bond motifs is 1. The molecule has 4 aromatic rings. The maximum Gasteiger partial charge on any atom is 0.237 e. The van der Waals surface area contributed by atoms with Crippen molar-refractivity contribution in [3.8, 4) is 22.4 Å². The van der Waals surface area contributed by atoms with Crippen LogP contribution in [0.2, 0.25) is 10.0 Å². The second-order valence-electron chi connectivity index (χ2n) is 11.1. The number of nitrogens with zero attached hydrogens (tertiary/aromatic N) is 5. The van der Waals surface area contributed by atoms with Gasteiger partial charge in [-0.15, -0.1) is 0 Å². The fourth-order valence-electron chi connectivity index (χ4n) is 6.38. The summed E-state index contributed by atoms with van der Waals surface area (Å²) >= 11 is 13.0. The number of amides is 1. The Morgan fingerprint density at radius 2 is 1.86 bits per heavy atom. The van der Waals surface area contributed by atoms with E-state index in [1.165, 1.54) is 0 Å². The van der Waals surface area contributed by atoms with Gasteiger partial charge in [-0.05, 0) is 56.0 Å². The van der Waals surface area contributed by atoms with Crippen molar-refractivity contribution >= 4 is 46.4 Å². The minimum Gasteiger partial charge on any atom is -0.394 e. The van der Waals surface area contributed by atoms with Gasteiger partial charge in [0.25, 0.3) is 0 Å². The molecule has 0 aliphatic carbocycles. The van der Waals surface area contributed by atoms with Crippen molar-refractivity contribution in [2.75, 3.05) is 42.6 Å². The summed E-state index contributed by atoms with van der Waals surface area (Å²) in [4.78, 5) is 22.1. The first-order valence-electron chi connectivity index (χ1n) is 14.5. The van der Waals surface area contributed by atoms with E-state index in [9.17, 15) is 9.90 Å². The van der Waals surface area contributed by atoms with E-state index in [2.05, 4.69) is 21.2 Å². The Hall–Kier alpha value is -3.37. The highest BCUT2D eigenvalue weighted by molar-refractivity contribution is 6.33. The van der Waals surface area contributed by atoms with Crippen LogP contribution in [-0.4, -0.2) is 70.0 Å². The molecule has 220 valence electrons. The third-order valence-electron chi connectivity index (χ3n) is 8.63. The molecule has 2 aliphatic heterocycles. The maximum atomic E-state index is 12.5. The molecule has 0 spiro atoms. The summed E-state index contributed by atoms with van der Waals surface area (Å²) in [6, 6.07) is 17.4. The van der Waals surface area contributed by atoms with Gasteiger partial charge in [0.1, 0.15) is 22.9 Å². The number of aromatic nitrogens is 3. The summed E-state index contributed by atoms with van der Waals surface area (Å²) < 4.78 is 1.89. The van der Waals surface area contributed by atoms with E-state index in [1.54, 1.807) is 0 Å². The first kappa shape index (κ1) is 28.7. The third kappa shape index (κ3) is 5.08. The van der Waals surface area contributed by atoms with E-state index >= 15 is 0 Å². The molecule has 0 bridgehead atoms. The number of carbonyl (C=O) groups is 1. The molecule has 2 aliphatic rings. The van der Waals surface area contributed by atoms with Crippen molar-refractivity contribution in [3.05, 3.63) is 64.6 Å². The Kier molecular flexibility index (Phi) is 8.02. The van der Waals surface area contributed by atoms with Crippen LogP contribution in [0.3, 0.4) is 0 Å². The van der Waals surface area contributed by atoms with Gasteiger partial charge in [0.15, 0.2) is 5.65 Å². The monoisotopic (exact) mass is 607 g/mol. The number of piperidine rings is 1. The number of carbonyl (C=O) groups excluding carboxylic acids is 1. The van der Waals surface area contributed by atoms with Gasteiger partial charge in [-0.2, -0.15) is 9.61 Å². The molecule has 4 N–H and O–H groups in total. The average molecular weight is 609 g/mol. The molecule has 1 amide bonds. The molecule has 42 heavy (non-hydrogen) atoms. The molecule has 1 unspecified atom stereocenters. The fourth-order valence-corrected chi connectivity index (χ4v) is 6.73. The molecule has 4 heterocycles. The third-order valence-corrected chi connectivity index (χ3v) is 9.21. The van der Waals surface area contributed by atoms with Crippen molar-refractivity contribution in [1.29, 1.82) is 0 Å². The smallest absolute Gasteiger partial charge is 0.237 e. The number of primary amides is 1. The quantitative estimate of drug-likeness (QED) is 0.264. The largest absolute Gasteiger partial charge is 0.394 e. The Balaban J connectivity index is 1.57. The van der Waals surface area contributed by atoms with Crippen molar-refractivity contribution in [3.63, 3.8) is 0 Å². The van der Waals surface area contributed by atoms with Gasteiger partial charge in [0.05, 0.1) is 23.2 Å². The van der Waals surface area contributed by atoms with Crippen LogP contribution < -0.4 is 20.9 Å². The summed E-state index contributed by atoms with van der Waals surface area (Å²) in [5.41, 5.74) is 9.10. The Labute approximate surface area is 255 Å². The number of nitrogens with two attached hydrogens (primary N) is 1. The van der Waals surface area contributed by atoms with Crippen LogP contribution in [0.1, 0.15) is 32.6 Å². The molecule has 0 saturated carbocycles. The van der Waals surface area contributed by atoms with E-state index in [4.69, 9.17) is 39.0 Å². The van der Waals surface area contributed by atoms with Gasteiger partial charge in [-0.3, -0.25) is 4.79 Å². The molecule has 2 fully saturated rings. The zero-order valence-electron chi connectivity index (χ0n) is 23.6. The lowest BCUT2D eigenvalue weighted by molar-refractivity contribution is -0.125. The molecular weight excluding hydrogens is 573 g/mol. The standard InChI is InChI=1S/C31H35Cl2N7O2/c1-2-35-31(30(34)42)13-16-38(17-14-31)26-18-25(39-15-5-6-22(39)19-41)36-29-27(20-9-11-21(32)12-10-20)28(37-40(26)29)23-7-3-4-8-24(23)33/h3-4,7-12,18,22,35,41H,2,5-6,13-17,19H2,1H3,(H2,34,42). The topological polar surface area (TPSA) is 112 Å². The van der Waals surface area contributed by atoms with E-state index in [1.807, 2.05) is 60.0 Å². The highest BCUT2D eigenvalue weighted by Gasteiger charge is 2.40. The predicted octanol–water partition coefficient (Wildman–Crippen LogP) is 4.77. The Morgan fingerprint density at radius 1 is 1.12 bits per heavy atom. The number of hydrogen-bond acceptors (Lipinski definition) is 7. The molecule has 2 aromatic carbocycles. The molecule has 1 atom stereocenters. The Morgan fingerprint density at radius 3 is 2.52 bits per heavy atom. The van der Waals surface area contributed by atoms with Crippen molar-refractivity contribution in [2.24, 2.45) is 5.73 Å². The molecule has 11 heteroatoms. The van der Waals surface area contributed by atoms with Crippen LogP contribution in [0.4, 0.5) is 11.6 Å². The number of aliphatic hydroxyl groups is 1. The molecule has 0 radical (unpaired) electrons. The Bertz CT molecular complexity index is 1600. The van der Waals surface area contributed by atoms with Crippen LogP contribution in [0.15, 0.2) is 54.6 Å². The van der Waals surface area contributed by atoms with Crippen LogP contribution >= 0.6 is 23.2 Å². The van der Waals surface area contributed by atoms with Gasteiger partial charge in [0, 0.05) is 36.3 Å². The average Bonchev–Trinajstić information content (AvgIpc) is 3.63. The van der Waals surface area contributed by atoms with E-state index in [0.717, 1.165) is 47.7 Å². The number of halogens is 2. The van der Waals surface area contributed by atoms with Crippen molar-refractivity contribution < 1.29 is 9.90 Å². The lowest BCUT2D eigenvalue weighted by atomic mass is 9.86. The van der Waals surface area contributed by atoms with Crippen LogP contribution in [-0.2, 0) is 4.79 Å². The number of hydrogen-bond donors (Lipinski definition) is 3. The molecule has 2 aromatic heterocycles. The lowest BCUT2D eigenvalue weighted by Crippen LogP contribution is -2.61. The normalized spacial score (nSPS) is 18.6. The van der Waals surface area contributed by atoms with E-state index < -0.39 is 5.54 Å². The van der Waals surface area contributed by atoms with Crippen LogP contribution in [0, 0.1) is 0 Å². The predicted molar refractivity (Wildman–Crippen MR) is 168 cm³/mol. The van der Waals surface area contributed by atoms with Gasteiger partial charge >= 0.3 is 0 Å². The lowest BCUT2D eigenvalue weighted by Gasteiger charge is -2.41. The molecule has 6 rings (SSSR count). The van der Waals surface area contributed by atoms with Gasteiger partial charge in [0.2, 0.25) is 5.91 Å². The number of nitrogens with one attached hydrogen (secondary N) is 1. The zero-order chi connectivity index (χ0) is 29.4. The summed E-state index contributed by atoms with van der Waals surface area (Å²) in [5, 5.41) is 19.9. The second-order valence-corrected chi connectivity index (χ2v) is 11.9. The first-order valence-corrected chi connectivity index (χ1v) is 15.2. The maximum absolute atomic E-state index is 12.5. The van der Waals surface area contributed by atoms with Crippen LogP contribution in [0.25, 0.3) is 28.0 Å². The number of benzene rings is 2. The SMILES string of the molecule is CCNC1(C(N)=O)CCN(c2cc(N3CCCC3CO)nc3c(-c4ccc(Cl)cc4)c(-c4ccccc4Cl)nn23)CC1. The van der Waals surface area contributed by atoms with Crippen molar-refractivity contribution in [2.45, 2.75) is 44.2 Å². The number of aliphatic hydroxyl groups excluding tert-OH is 1. The first-order chi connectivity index (χ1) is 20.3. The summed E-state index contributed by atoms with van der Waals surface area (Å²) in [6.45, 7) is 4.73. The van der Waals surface area contributed by atoms with Gasteiger partial charge in [-0.1, -0.05) is 60.5 Å². The zero-order valence-corrected chi connectivity index (χ0v) is 25.1. The number of anilines is 2. The highest BCUT2D eigenvalue weighted by Crippen LogP contribution is 2.41. The van der Waals surface area contributed by atoms with Crippen LogP contribution in [0.5, 0.6) is 0 Å². The minimum atomic E-state index is -0.738. The summed E-state index contributed by atoms with van der Waals surface area (Å²) in [6.07, 6.45) is 3.03. The fraction of sp³-hybridized carbons (Fsp3) is 0.387. The van der Waals surface area contributed by atoms with Gasteiger partial charge < -0.3 is 26.0 Å². The van der Waals surface area contributed by atoms with Gasteiger partial charge in [-0.25, -0.2) is 4.98 Å². The van der Waals surface area contributed by atoms with E-state index in [-0.39, 0.29) is 18.6 Å². The van der Waals surface area contributed by atoms with E-state index in [0.29, 0.717) is 53.9 Å². The molecule has 2 saturated heterocycles. The summed E-state index contributed by atoms with van der Waals surface area (Å²) in [5.74, 6) is 1.33. The highest BCUT2D eigenvalue weighted by atomic mass is 35.5.